The van der Waals surface area contributed by atoms with Crippen LogP contribution in [0.15, 0.2) is 12.1 Å². The molecule has 1 unspecified atom stereocenters. The van der Waals surface area contributed by atoms with Crippen LogP contribution in [0.1, 0.15) is 17.2 Å². The molecule has 1 aliphatic heterocycles. The molecule has 1 atom stereocenters. The summed E-state index contributed by atoms with van der Waals surface area (Å²) in [5, 5.41) is 8.93. The van der Waals surface area contributed by atoms with Crippen molar-refractivity contribution in [1.82, 2.24) is 0 Å². The summed E-state index contributed by atoms with van der Waals surface area (Å²) in [4.78, 5) is 0. The predicted octanol–water partition coefficient (Wildman–Crippen LogP) is 0.716. The van der Waals surface area contributed by atoms with Crippen molar-refractivity contribution in [2.45, 2.75) is 13.0 Å². The number of rotatable bonds is 2. The largest absolute Gasteiger partial charge is 0.454 e. The van der Waals surface area contributed by atoms with Crippen LogP contribution >= 0.6 is 0 Å². The van der Waals surface area contributed by atoms with Crippen LogP contribution in [0.4, 0.5) is 0 Å². The number of ether oxygens (including phenoxy) is 2. The van der Waals surface area contributed by atoms with E-state index in [1.165, 1.54) is 0 Å². The molecule has 14 heavy (non-hydrogen) atoms. The highest BCUT2D eigenvalue weighted by molar-refractivity contribution is 5.50. The molecule has 76 valence electrons. The summed E-state index contributed by atoms with van der Waals surface area (Å²) in [5.74, 6) is 1.49. The monoisotopic (exact) mass is 195 g/mol. The maximum atomic E-state index is 8.93. The van der Waals surface area contributed by atoms with Crippen LogP contribution < -0.4 is 15.2 Å². The number of hydrogen-bond acceptors (Lipinski definition) is 4. The lowest BCUT2D eigenvalue weighted by atomic mass is 10.0. The number of aliphatic hydroxyl groups excluding tert-OH is 1. The molecule has 1 aromatic carbocycles. The van der Waals surface area contributed by atoms with Crippen LogP contribution in [-0.2, 0) is 0 Å². The second-order valence-electron chi connectivity index (χ2n) is 3.36. The van der Waals surface area contributed by atoms with E-state index in [9.17, 15) is 0 Å². The van der Waals surface area contributed by atoms with Crippen molar-refractivity contribution in [3.8, 4) is 11.5 Å². The van der Waals surface area contributed by atoms with Gasteiger partial charge in [-0.1, -0.05) is 6.07 Å². The number of benzene rings is 1. The molecule has 0 aromatic heterocycles. The number of aryl methyl sites for hydroxylation is 1. The Hall–Kier alpha value is -1.26. The average Bonchev–Trinajstić information content (AvgIpc) is 2.64. The first-order valence-electron chi connectivity index (χ1n) is 4.49. The minimum absolute atomic E-state index is 0.0704. The zero-order valence-electron chi connectivity index (χ0n) is 7.99. The lowest BCUT2D eigenvalue weighted by Crippen LogP contribution is -2.14. The fourth-order valence-electron chi connectivity index (χ4n) is 1.53. The molecule has 0 fully saturated rings. The molecule has 4 heteroatoms. The third kappa shape index (κ3) is 1.42. The summed E-state index contributed by atoms with van der Waals surface area (Å²) in [6.07, 6.45) is 0. The van der Waals surface area contributed by atoms with Crippen molar-refractivity contribution in [2.24, 2.45) is 5.73 Å². The van der Waals surface area contributed by atoms with Crippen LogP contribution in [0.2, 0.25) is 0 Å². The summed E-state index contributed by atoms with van der Waals surface area (Å²) < 4.78 is 10.5. The van der Waals surface area contributed by atoms with Gasteiger partial charge in [0.25, 0.3) is 0 Å². The highest BCUT2D eigenvalue weighted by Gasteiger charge is 2.18. The minimum atomic E-state index is -0.358. The van der Waals surface area contributed by atoms with Crippen molar-refractivity contribution in [3.05, 3.63) is 23.3 Å². The first kappa shape index (κ1) is 9.30. The van der Waals surface area contributed by atoms with Crippen LogP contribution in [0.25, 0.3) is 0 Å². The molecule has 1 heterocycles. The normalized spacial score (nSPS) is 15.6. The Bertz CT molecular complexity index is 351. The van der Waals surface area contributed by atoms with Crippen LogP contribution in [-0.4, -0.2) is 18.5 Å². The summed E-state index contributed by atoms with van der Waals surface area (Å²) in [6, 6.07) is 3.37. The first-order chi connectivity index (χ1) is 6.72. The Kier molecular flexibility index (Phi) is 2.31. The quantitative estimate of drug-likeness (QED) is 0.729. The SMILES string of the molecule is Cc1cc(C(N)CO)cc2c1OCO2. The van der Waals surface area contributed by atoms with Gasteiger partial charge in [0, 0.05) is 0 Å². The molecule has 0 saturated carbocycles. The second-order valence-corrected chi connectivity index (χ2v) is 3.36. The van der Waals surface area contributed by atoms with E-state index in [4.69, 9.17) is 20.3 Å². The lowest BCUT2D eigenvalue weighted by molar-refractivity contribution is 0.173. The zero-order chi connectivity index (χ0) is 10.1. The van der Waals surface area contributed by atoms with Gasteiger partial charge in [0.2, 0.25) is 6.79 Å². The zero-order valence-corrected chi connectivity index (χ0v) is 7.99. The molecular formula is C10H13NO3. The van der Waals surface area contributed by atoms with E-state index in [-0.39, 0.29) is 19.4 Å². The van der Waals surface area contributed by atoms with Gasteiger partial charge in [-0.05, 0) is 24.1 Å². The van der Waals surface area contributed by atoms with Crippen LogP contribution in [0.3, 0.4) is 0 Å². The molecule has 0 spiro atoms. The molecule has 0 bridgehead atoms. The molecule has 1 aliphatic rings. The van der Waals surface area contributed by atoms with Crippen molar-refractivity contribution in [3.63, 3.8) is 0 Å². The summed E-state index contributed by atoms with van der Waals surface area (Å²) in [5.41, 5.74) is 7.57. The lowest BCUT2D eigenvalue weighted by Gasteiger charge is -2.10. The predicted molar refractivity (Wildman–Crippen MR) is 51.3 cm³/mol. The van der Waals surface area contributed by atoms with Gasteiger partial charge in [-0.15, -0.1) is 0 Å². The van der Waals surface area contributed by atoms with Gasteiger partial charge in [0.05, 0.1) is 12.6 Å². The van der Waals surface area contributed by atoms with E-state index < -0.39 is 0 Å². The Morgan fingerprint density at radius 3 is 3.00 bits per heavy atom. The van der Waals surface area contributed by atoms with Gasteiger partial charge >= 0.3 is 0 Å². The Morgan fingerprint density at radius 1 is 1.50 bits per heavy atom. The fourth-order valence-corrected chi connectivity index (χ4v) is 1.53. The Labute approximate surface area is 82.2 Å². The van der Waals surface area contributed by atoms with E-state index in [0.717, 1.165) is 16.9 Å². The molecule has 0 saturated heterocycles. The van der Waals surface area contributed by atoms with E-state index in [0.29, 0.717) is 5.75 Å². The standard InChI is InChI=1S/C10H13NO3/c1-6-2-7(8(11)4-12)3-9-10(6)14-5-13-9/h2-3,8,12H,4-5,11H2,1H3. The van der Waals surface area contributed by atoms with E-state index >= 15 is 0 Å². The van der Waals surface area contributed by atoms with Crippen LogP contribution in [0, 0.1) is 6.92 Å². The number of nitrogens with two attached hydrogens (primary N) is 1. The molecule has 2 rings (SSSR count). The summed E-state index contributed by atoms with van der Waals surface area (Å²) in [6.45, 7) is 2.12. The summed E-state index contributed by atoms with van der Waals surface area (Å²) in [7, 11) is 0. The van der Waals surface area contributed by atoms with Gasteiger partial charge in [-0.25, -0.2) is 0 Å². The highest BCUT2D eigenvalue weighted by atomic mass is 16.7. The molecule has 0 radical (unpaired) electrons. The number of hydrogen-bond donors (Lipinski definition) is 2. The van der Waals surface area contributed by atoms with Crippen molar-refractivity contribution in [1.29, 1.82) is 0 Å². The van der Waals surface area contributed by atoms with E-state index in [1.54, 1.807) is 0 Å². The smallest absolute Gasteiger partial charge is 0.231 e. The van der Waals surface area contributed by atoms with Crippen molar-refractivity contribution < 1.29 is 14.6 Å². The molecule has 0 aliphatic carbocycles. The van der Waals surface area contributed by atoms with Crippen molar-refractivity contribution >= 4 is 0 Å². The Balaban J connectivity index is 2.41. The third-order valence-corrected chi connectivity index (χ3v) is 2.31. The van der Waals surface area contributed by atoms with E-state index in [2.05, 4.69) is 0 Å². The molecule has 4 nitrogen and oxygen atoms in total. The van der Waals surface area contributed by atoms with Gasteiger partial charge in [-0.2, -0.15) is 0 Å². The summed E-state index contributed by atoms with van der Waals surface area (Å²) >= 11 is 0. The highest BCUT2D eigenvalue weighted by Crippen LogP contribution is 2.37. The van der Waals surface area contributed by atoms with Gasteiger partial charge in [-0.3, -0.25) is 0 Å². The van der Waals surface area contributed by atoms with E-state index in [1.807, 2.05) is 19.1 Å². The minimum Gasteiger partial charge on any atom is -0.454 e. The molecule has 1 aromatic rings. The van der Waals surface area contributed by atoms with Crippen LogP contribution in [0.5, 0.6) is 11.5 Å². The maximum absolute atomic E-state index is 8.93. The third-order valence-electron chi connectivity index (χ3n) is 2.31. The van der Waals surface area contributed by atoms with Gasteiger partial charge in [0.1, 0.15) is 0 Å². The fraction of sp³-hybridized carbons (Fsp3) is 0.400. The first-order valence-corrected chi connectivity index (χ1v) is 4.49. The molecule has 3 N–H and O–H groups in total. The molecule has 0 amide bonds. The second kappa shape index (κ2) is 3.48. The maximum Gasteiger partial charge on any atom is 0.231 e. The van der Waals surface area contributed by atoms with Crippen molar-refractivity contribution in [2.75, 3.05) is 13.4 Å². The van der Waals surface area contributed by atoms with Gasteiger partial charge < -0.3 is 20.3 Å². The average molecular weight is 195 g/mol. The number of fused-ring (bicyclic) bond motifs is 1. The van der Waals surface area contributed by atoms with Gasteiger partial charge in [0.15, 0.2) is 11.5 Å². The molecular weight excluding hydrogens is 182 g/mol. The number of aliphatic hydroxyl groups is 1. The topological polar surface area (TPSA) is 64.7 Å². The Morgan fingerprint density at radius 2 is 2.29 bits per heavy atom.